The van der Waals surface area contributed by atoms with Gasteiger partial charge in [0.05, 0.1) is 16.0 Å². The van der Waals surface area contributed by atoms with Crippen LogP contribution in [-0.4, -0.2) is 30.1 Å². The molecule has 1 aliphatic rings. The Balaban J connectivity index is 2.11. The lowest BCUT2D eigenvalue weighted by atomic mass is 9.95. The van der Waals surface area contributed by atoms with Crippen LogP contribution in [0.4, 0.5) is 0 Å². The molecule has 2 heterocycles. The van der Waals surface area contributed by atoms with E-state index in [0.29, 0.717) is 5.92 Å². The normalized spacial score (nSPS) is 20.9. The first-order valence-electron chi connectivity index (χ1n) is 7.30. The molecule has 1 aliphatic heterocycles. The van der Waals surface area contributed by atoms with Crippen molar-refractivity contribution in [2.45, 2.75) is 25.4 Å². The second-order valence-electron chi connectivity index (χ2n) is 5.77. The Morgan fingerprint density at radius 3 is 2.71 bits per heavy atom. The fraction of sp³-hybridized carbons (Fsp3) is 0.412. The molecule has 1 aromatic carbocycles. The maximum Gasteiger partial charge on any atom is 0.0869 e. The van der Waals surface area contributed by atoms with Gasteiger partial charge >= 0.3 is 0 Å². The van der Waals surface area contributed by atoms with E-state index in [-0.39, 0.29) is 0 Å². The van der Waals surface area contributed by atoms with Crippen LogP contribution in [0.25, 0.3) is 0 Å². The smallest absolute Gasteiger partial charge is 0.0869 e. The van der Waals surface area contributed by atoms with Crippen molar-refractivity contribution in [2.24, 2.45) is 0 Å². The zero-order chi connectivity index (χ0) is 15.0. The number of aliphatic hydroxyl groups is 1. The summed E-state index contributed by atoms with van der Waals surface area (Å²) >= 11 is 8.22. The molecule has 0 amide bonds. The SMILES string of the molecule is C[C@@H](O)c1sc2c(c1Cl)CCN(C)C[C@@H]2c1ccccc1. The molecule has 2 aromatic rings. The Labute approximate surface area is 135 Å². The van der Waals surface area contributed by atoms with Crippen LogP contribution in [0, 0.1) is 0 Å². The lowest BCUT2D eigenvalue weighted by Gasteiger charge is -2.20. The molecule has 0 radical (unpaired) electrons. The van der Waals surface area contributed by atoms with Gasteiger partial charge in [0.2, 0.25) is 0 Å². The summed E-state index contributed by atoms with van der Waals surface area (Å²) in [5.74, 6) is 0.337. The van der Waals surface area contributed by atoms with Gasteiger partial charge in [0.1, 0.15) is 0 Å². The van der Waals surface area contributed by atoms with E-state index >= 15 is 0 Å². The average Bonchev–Trinajstić information content (AvgIpc) is 2.70. The summed E-state index contributed by atoms with van der Waals surface area (Å²) in [5.41, 5.74) is 2.55. The molecular weight excluding hydrogens is 302 g/mol. The van der Waals surface area contributed by atoms with Gasteiger partial charge in [0.25, 0.3) is 0 Å². The van der Waals surface area contributed by atoms with Crippen molar-refractivity contribution < 1.29 is 5.11 Å². The fourth-order valence-corrected chi connectivity index (χ4v) is 4.82. The van der Waals surface area contributed by atoms with Crippen LogP contribution in [0.2, 0.25) is 5.02 Å². The molecule has 0 bridgehead atoms. The highest BCUT2D eigenvalue weighted by Gasteiger charge is 2.29. The minimum Gasteiger partial charge on any atom is -0.388 e. The maximum atomic E-state index is 9.95. The highest BCUT2D eigenvalue weighted by molar-refractivity contribution is 7.13. The van der Waals surface area contributed by atoms with Crippen molar-refractivity contribution in [3.63, 3.8) is 0 Å². The van der Waals surface area contributed by atoms with Gasteiger partial charge in [0.15, 0.2) is 0 Å². The van der Waals surface area contributed by atoms with Gasteiger partial charge in [-0.3, -0.25) is 0 Å². The van der Waals surface area contributed by atoms with Gasteiger partial charge in [-0.2, -0.15) is 0 Å². The van der Waals surface area contributed by atoms with Crippen molar-refractivity contribution in [3.8, 4) is 0 Å². The van der Waals surface area contributed by atoms with E-state index in [4.69, 9.17) is 11.6 Å². The first kappa shape index (κ1) is 15.0. The largest absolute Gasteiger partial charge is 0.388 e. The Morgan fingerprint density at radius 1 is 1.33 bits per heavy atom. The number of halogens is 1. The van der Waals surface area contributed by atoms with Gasteiger partial charge in [-0.05, 0) is 31.5 Å². The summed E-state index contributed by atoms with van der Waals surface area (Å²) in [5, 5.41) is 10.7. The van der Waals surface area contributed by atoms with Crippen LogP contribution >= 0.6 is 22.9 Å². The number of benzene rings is 1. The molecule has 0 unspecified atom stereocenters. The summed E-state index contributed by atoms with van der Waals surface area (Å²) in [4.78, 5) is 4.60. The Hall–Kier alpha value is -0.870. The Morgan fingerprint density at radius 2 is 2.05 bits per heavy atom. The second kappa shape index (κ2) is 6.09. The fourth-order valence-electron chi connectivity index (χ4n) is 3.00. The number of fused-ring (bicyclic) bond motifs is 1. The monoisotopic (exact) mass is 321 g/mol. The molecule has 4 heteroatoms. The Kier molecular flexibility index (Phi) is 4.36. The van der Waals surface area contributed by atoms with Crippen LogP contribution in [-0.2, 0) is 6.42 Å². The standard InChI is InChI=1S/C17H20ClNOS/c1-11(20)16-15(18)13-8-9-19(2)10-14(17(13)21-16)12-6-4-3-5-7-12/h3-7,11,14,20H,8-10H2,1-2H3/t11-,14-/m1/s1. The summed E-state index contributed by atoms with van der Waals surface area (Å²) in [7, 11) is 2.16. The van der Waals surface area contributed by atoms with Gasteiger partial charge < -0.3 is 10.0 Å². The van der Waals surface area contributed by atoms with E-state index < -0.39 is 6.10 Å². The number of nitrogens with zero attached hydrogens (tertiary/aromatic N) is 1. The number of thiophene rings is 1. The zero-order valence-corrected chi connectivity index (χ0v) is 13.9. The molecule has 0 spiro atoms. The Bertz CT molecular complexity index is 623. The number of likely N-dealkylation sites (N-methyl/N-ethyl adjacent to an activating group) is 1. The van der Waals surface area contributed by atoms with Crippen molar-refractivity contribution >= 4 is 22.9 Å². The molecule has 21 heavy (non-hydrogen) atoms. The highest BCUT2D eigenvalue weighted by Crippen LogP contribution is 2.44. The topological polar surface area (TPSA) is 23.5 Å². The lowest BCUT2D eigenvalue weighted by molar-refractivity contribution is 0.203. The van der Waals surface area contributed by atoms with Gasteiger partial charge in [-0.15, -0.1) is 11.3 Å². The number of hydrogen-bond donors (Lipinski definition) is 1. The predicted molar refractivity (Wildman–Crippen MR) is 89.4 cm³/mol. The number of hydrogen-bond acceptors (Lipinski definition) is 3. The van der Waals surface area contributed by atoms with Crippen molar-refractivity contribution in [1.29, 1.82) is 0 Å². The van der Waals surface area contributed by atoms with Crippen LogP contribution < -0.4 is 0 Å². The number of aliphatic hydroxyl groups excluding tert-OH is 1. The predicted octanol–water partition coefficient (Wildman–Crippen LogP) is 4.07. The molecule has 0 saturated heterocycles. The van der Waals surface area contributed by atoms with E-state index in [9.17, 15) is 5.11 Å². The third-order valence-electron chi connectivity index (χ3n) is 4.13. The average molecular weight is 322 g/mol. The first-order valence-corrected chi connectivity index (χ1v) is 8.50. The summed E-state index contributed by atoms with van der Waals surface area (Å²) < 4.78 is 0. The maximum absolute atomic E-state index is 9.95. The molecule has 1 aromatic heterocycles. The molecule has 0 aliphatic carbocycles. The summed E-state index contributed by atoms with van der Waals surface area (Å²) in [6.07, 6.45) is 0.459. The number of rotatable bonds is 2. The van der Waals surface area contributed by atoms with Crippen molar-refractivity contribution in [3.05, 3.63) is 56.2 Å². The zero-order valence-electron chi connectivity index (χ0n) is 12.3. The minimum atomic E-state index is -0.497. The lowest BCUT2D eigenvalue weighted by Crippen LogP contribution is -2.24. The third kappa shape index (κ3) is 2.88. The molecule has 2 nitrogen and oxygen atoms in total. The summed E-state index contributed by atoms with van der Waals surface area (Å²) in [6, 6.07) is 10.6. The van der Waals surface area contributed by atoms with Crippen molar-refractivity contribution in [2.75, 3.05) is 20.1 Å². The molecular formula is C17H20ClNOS. The molecule has 3 rings (SSSR count). The van der Waals surface area contributed by atoms with Gasteiger partial charge in [-0.1, -0.05) is 41.9 Å². The van der Waals surface area contributed by atoms with Gasteiger partial charge in [-0.25, -0.2) is 0 Å². The van der Waals surface area contributed by atoms with Crippen LogP contribution in [0.5, 0.6) is 0 Å². The second-order valence-corrected chi connectivity index (χ2v) is 7.24. The van der Waals surface area contributed by atoms with E-state index in [1.807, 2.05) is 6.07 Å². The van der Waals surface area contributed by atoms with Crippen LogP contribution in [0.1, 0.15) is 39.8 Å². The first-order chi connectivity index (χ1) is 10.1. The minimum absolute atomic E-state index is 0.337. The molecule has 1 N–H and O–H groups in total. The quantitative estimate of drug-likeness (QED) is 0.901. The third-order valence-corrected chi connectivity index (χ3v) is 6.19. The highest BCUT2D eigenvalue weighted by atomic mass is 35.5. The van der Waals surface area contributed by atoms with Crippen LogP contribution in [0.15, 0.2) is 30.3 Å². The molecule has 2 atom stereocenters. The van der Waals surface area contributed by atoms with Gasteiger partial charge in [0, 0.05) is 23.9 Å². The van der Waals surface area contributed by atoms with Crippen molar-refractivity contribution in [1.82, 2.24) is 4.90 Å². The van der Waals surface area contributed by atoms with E-state index in [2.05, 4.69) is 36.2 Å². The molecule has 112 valence electrons. The summed E-state index contributed by atoms with van der Waals surface area (Å²) in [6.45, 7) is 3.79. The molecule has 0 fully saturated rings. The van der Waals surface area contributed by atoms with E-state index in [1.165, 1.54) is 16.0 Å². The van der Waals surface area contributed by atoms with Crippen LogP contribution in [0.3, 0.4) is 0 Å². The van der Waals surface area contributed by atoms with E-state index in [0.717, 1.165) is 29.4 Å². The molecule has 0 saturated carbocycles. The van der Waals surface area contributed by atoms with E-state index in [1.54, 1.807) is 18.3 Å².